The molecule has 0 aliphatic rings. The minimum Gasteiger partial charge on any atom is -0.285 e. The molecular weight excluding hydrogens is 280 g/mol. The molecule has 0 aliphatic heterocycles. The third-order valence-corrected chi connectivity index (χ3v) is 3.56. The molecule has 5 nitrogen and oxygen atoms in total. The van der Waals surface area contributed by atoms with E-state index in [4.69, 9.17) is 4.55 Å². The first-order valence-electron chi connectivity index (χ1n) is 5.62. The summed E-state index contributed by atoms with van der Waals surface area (Å²) in [5, 5.41) is 0. The summed E-state index contributed by atoms with van der Waals surface area (Å²) in [6, 6.07) is 12.8. The van der Waals surface area contributed by atoms with Crippen molar-refractivity contribution >= 4 is 21.7 Å². The van der Waals surface area contributed by atoms with Gasteiger partial charge in [-0.15, -0.1) is 0 Å². The van der Waals surface area contributed by atoms with Gasteiger partial charge in [-0.3, -0.25) is 14.1 Å². The van der Waals surface area contributed by atoms with E-state index in [1.165, 1.54) is 30.3 Å². The molecule has 0 aromatic heterocycles. The Labute approximate surface area is 115 Å². The van der Waals surface area contributed by atoms with Crippen LogP contribution in [0.4, 0.5) is 0 Å². The van der Waals surface area contributed by atoms with Crippen LogP contribution in [0.2, 0.25) is 0 Å². The van der Waals surface area contributed by atoms with Crippen molar-refractivity contribution in [1.29, 1.82) is 0 Å². The molecule has 0 radical (unpaired) electrons. The van der Waals surface area contributed by atoms with Gasteiger partial charge < -0.3 is 0 Å². The van der Waals surface area contributed by atoms with Gasteiger partial charge >= 0.3 is 0 Å². The van der Waals surface area contributed by atoms with Gasteiger partial charge in [-0.2, -0.15) is 8.42 Å². The molecule has 0 spiro atoms. The highest BCUT2D eigenvalue weighted by atomic mass is 32.2. The Morgan fingerprint density at radius 2 is 1.35 bits per heavy atom. The van der Waals surface area contributed by atoms with Crippen LogP contribution in [-0.2, 0) is 10.1 Å². The number of ketones is 2. The van der Waals surface area contributed by atoms with Gasteiger partial charge in [-0.1, -0.05) is 42.5 Å². The topological polar surface area (TPSA) is 88.5 Å². The molecule has 20 heavy (non-hydrogen) atoms. The van der Waals surface area contributed by atoms with Crippen molar-refractivity contribution < 1.29 is 22.6 Å². The zero-order chi connectivity index (χ0) is 14.8. The van der Waals surface area contributed by atoms with Gasteiger partial charge in [0.2, 0.25) is 11.6 Å². The second kappa shape index (κ2) is 5.36. The van der Waals surface area contributed by atoms with E-state index in [0.29, 0.717) is 0 Å². The van der Waals surface area contributed by atoms with Crippen molar-refractivity contribution in [3.8, 4) is 0 Å². The highest BCUT2D eigenvalue weighted by molar-refractivity contribution is 7.86. The Hall–Kier alpha value is -2.31. The quantitative estimate of drug-likeness (QED) is 0.528. The number of benzene rings is 2. The third kappa shape index (κ3) is 2.81. The lowest BCUT2D eigenvalue weighted by Gasteiger charge is -2.05. The molecule has 6 heteroatoms. The van der Waals surface area contributed by atoms with Crippen LogP contribution in [0.5, 0.6) is 0 Å². The van der Waals surface area contributed by atoms with E-state index in [2.05, 4.69) is 0 Å². The van der Waals surface area contributed by atoms with Crippen LogP contribution in [0.25, 0.3) is 0 Å². The molecule has 0 atom stereocenters. The fraction of sp³-hybridized carbons (Fsp3) is 0. The first-order chi connectivity index (χ1) is 9.41. The maximum absolute atomic E-state index is 12.1. The maximum atomic E-state index is 12.1. The average molecular weight is 290 g/mol. The molecule has 102 valence electrons. The first kappa shape index (κ1) is 14.1. The van der Waals surface area contributed by atoms with Gasteiger partial charge in [-0.25, -0.2) is 0 Å². The zero-order valence-electron chi connectivity index (χ0n) is 10.2. The summed E-state index contributed by atoms with van der Waals surface area (Å²) in [4.78, 5) is 23.5. The van der Waals surface area contributed by atoms with Gasteiger partial charge in [0.1, 0.15) is 4.90 Å². The van der Waals surface area contributed by atoms with Crippen LogP contribution in [0.1, 0.15) is 20.7 Å². The summed E-state index contributed by atoms with van der Waals surface area (Å²) in [6.07, 6.45) is 0. The van der Waals surface area contributed by atoms with E-state index in [-0.39, 0.29) is 11.1 Å². The van der Waals surface area contributed by atoms with Crippen LogP contribution >= 0.6 is 0 Å². The normalized spacial score (nSPS) is 11.1. The van der Waals surface area contributed by atoms with E-state index in [0.717, 1.165) is 6.07 Å². The van der Waals surface area contributed by atoms with Gasteiger partial charge in [0.05, 0.1) is 0 Å². The molecule has 2 rings (SSSR count). The highest BCUT2D eigenvalue weighted by Gasteiger charge is 2.25. The van der Waals surface area contributed by atoms with E-state index in [9.17, 15) is 18.0 Å². The number of carbonyl (C=O) groups is 2. The molecule has 1 N–H and O–H groups in total. The fourth-order valence-electron chi connectivity index (χ4n) is 1.72. The van der Waals surface area contributed by atoms with Crippen LogP contribution in [0.3, 0.4) is 0 Å². The third-order valence-electron chi connectivity index (χ3n) is 2.65. The van der Waals surface area contributed by atoms with Crippen LogP contribution in [-0.4, -0.2) is 24.5 Å². The van der Waals surface area contributed by atoms with E-state index in [1.54, 1.807) is 18.2 Å². The largest absolute Gasteiger partial charge is 0.295 e. The number of hydrogen-bond acceptors (Lipinski definition) is 4. The Morgan fingerprint density at radius 1 is 0.800 bits per heavy atom. The molecular formula is C14H10O5S. The van der Waals surface area contributed by atoms with Crippen molar-refractivity contribution in [2.45, 2.75) is 4.90 Å². The summed E-state index contributed by atoms with van der Waals surface area (Å²) >= 11 is 0. The molecule has 0 bridgehead atoms. The summed E-state index contributed by atoms with van der Waals surface area (Å²) in [5.74, 6) is -1.81. The zero-order valence-corrected chi connectivity index (χ0v) is 11.0. The van der Waals surface area contributed by atoms with Crippen LogP contribution in [0.15, 0.2) is 59.5 Å². The number of carbonyl (C=O) groups excluding carboxylic acids is 2. The number of hydrogen-bond donors (Lipinski definition) is 1. The standard InChI is InChI=1S/C14H10O5S/c15-13(10-6-2-1-3-7-10)14(16)11-8-4-5-9-12(11)20(17,18)19/h1-9H,(H,17,18,19). The van der Waals surface area contributed by atoms with Crippen LogP contribution < -0.4 is 0 Å². The van der Waals surface area contributed by atoms with Crippen molar-refractivity contribution in [1.82, 2.24) is 0 Å². The predicted octanol–water partition coefficient (Wildman–Crippen LogP) is 2.00. The number of Topliss-reactive ketones (excluding diaryl/α,β-unsaturated/α-hetero) is 2. The lowest BCUT2D eigenvalue weighted by atomic mass is 10.0. The van der Waals surface area contributed by atoms with Crippen LogP contribution in [0, 0.1) is 0 Å². The van der Waals surface area contributed by atoms with Gasteiger partial charge in [-0.05, 0) is 12.1 Å². The van der Waals surface area contributed by atoms with Gasteiger partial charge in [0, 0.05) is 11.1 Å². The maximum Gasteiger partial charge on any atom is 0.295 e. The van der Waals surface area contributed by atoms with E-state index < -0.39 is 26.6 Å². The number of rotatable bonds is 4. The Kier molecular flexibility index (Phi) is 3.78. The van der Waals surface area contributed by atoms with Crippen molar-refractivity contribution in [3.05, 3.63) is 65.7 Å². The Balaban J connectivity index is 2.48. The summed E-state index contributed by atoms with van der Waals surface area (Å²) < 4.78 is 31.5. The Morgan fingerprint density at radius 3 is 1.95 bits per heavy atom. The smallest absolute Gasteiger partial charge is 0.285 e. The van der Waals surface area contributed by atoms with Crippen molar-refractivity contribution in [2.75, 3.05) is 0 Å². The molecule has 0 amide bonds. The molecule has 0 fully saturated rings. The molecule has 0 heterocycles. The molecule has 0 saturated carbocycles. The molecule has 2 aromatic rings. The lowest BCUT2D eigenvalue weighted by Crippen LogP contribution is -2.17. The van der Waals surface area contributed by atoms with E-state index in [1.807, 2.05) is 0 Å². The summed E-state index contributed by atoms with van der Waals surface area (Å²) in [6.45, 7) is 0. The molecule has 0 unspecified atom stereocenters. The van der Waals surface area contributed by atoms with E-state index >= 15 is 0 Å². The molecule has 0 saturated heterocycles. The summed E-state index contributed by atoms with van der Waals surface area (Å²) in [5.41, 5.74) is -0.188. The van der Waals surface area contributed by atoms with Gasteiger partial charge in [0.15, 0.2) is 0 Å². The summed E-state index contributed by atoms with van der Waals surface area (Å²) in [7, 11) is -4.57. The predicted molar refractivity (Wildman–Crippen MR) is 71.4 cm³/mol. The van der Waals surface area contributed by atoms with Crippen molar-refractivity contribution in [3.63, 3.8) is 0 Å². The fourth-order valence-corrected chi connectivity index (χ4v) is 2.41. The lowest BCUT2D eigenvalue weighted by molar-refractivity contribution is 0.0815. The SMILES string of the molecule is O=C(C(=O)c1ccccc1S(=O)(=O)O)c1ccccc1. The highest BCUT2D eigenvalue weighted by Crippen LogP contribution is 2.17. The second-order valence-corrected chi connectivity index (χ2v) is 5.39. The van der Waals surface area contributed by atoms with Crippen molar-refractivity contribution in [2.24, 2.45) is 0 Å². The second-order valence-electron chi connectivity index (χ2n) is 4.00. The Bertz CT molecular complexity index is 763. The average Bonchev–Trinajstić information content (AvgIpc) is 2.46. The molecule has 2 aromatic carbocycles. The monoisotopic (exact) mass is 290 g/mol. The molecule has 0 aliphatic carbocycles. The van der Waals surface area contributed by atoms with Gasteiger partial charge in [0.25, 0.3) is 10.1 Å². The minimum atomic E-state index is -4.57. The minimum absolute atomic E-state index is 0.155. The first-order valence-corrected chi connectivity index (χ1v) is 7.06.